The summed E-state index contributed by atoms with van der Waals surface area (Å²) in [5.41, 5.74) is 2.14. The number of rotatable bonds is 6. The summed E-state index contributed by atoms with van der Waals surface area (Å²) in [6, 6.07) is 0. The molecule has 1 saturated carbocycles. The summed E-state index contributed by atoms with van der Waals surface area (Å²) in [4.78, 5) is 12.8. The molecule has 0 aromatic carbocycles. The standard InChI is InChI=1S/C22H32O3/c1-16-7-8-18(17-6-5-13-24-15-17)19(14-16)25-22(11-12-22)20(23)9-10-21(2,3)4/h7-8,14-15,18-19H,5-6,9-13H2,1-4H3/t18?,19-/m1/s1. The zero-order valence-corrected chi connectivity index (χ0v) is 16.1. The molecule has 25 heavy (non-hydrogen) atoms. The third-order valence-corrected chi connectivity index (χ3v) is 5.41. The van der Waals surface area contributed by atoms with Crippen LogP contribution in [-0.4, -0.2) is 24.1 Å². The predicted molar refractivity (Wildman–Crippen MR) is 100 cm³/mol. The van der Waals surface area contributed by atoms with Crippen LogP contribution in [0.15, 0.2) is 35.6 Å². The van der Waals surface area contributed by atoms with E-state index < -0.39 is 5.60 Å². The first-order valence-electron chi connectivity index (χ1n) is 9.67. The largest absolute Gasteiger partial charge is 0.501 e. The van der Waals surface area contributed by atoms with Crippen LogP contribution in [-0.2, 0) is 14.3 Å². The fourth-order valence-corrected chi connectivity index (χ4v) is 3.61. The van der Waals surface area contributed by atoms with Crippen molar-refractivity contribution in [2.45, 2.75) is 77.9 Å². The van der Waals surface area contributed by atoms with Gasteiger partial charge >= 0.3 is 0 Å². The zero-order valence-electron chi connectivity index (χ0n) is 16.1. The fraction of sp³-hybridized carbons (Fsp3) is 0.682. The highest BCUT2D eigenvalue weighted by molar-refractivity contribution is 5.90. The molecule has 138 valence electrons. The zero-order chi connectivity index (χ0) is 18.1. The van der Waals surface area contributed by atoms with E-state index in [9.17, 15) is 4.79 Å². The smallest absolute Gasteiger partial charge is 0.164 e. The topological polar surface area (TPSA) is 35.5 Å². The summed E-state index contributed by atoms with van der Waals surface area (Å²) in [6.45, 7) is 9.45. The van der Waals surface area contributed by atoms with Gasteiger partial charge in [0.05, 0.1) is 19.0 Å². The van der Waals surface area contributed by atoms with Crippen LogP contribution in [0.25, 0.3) is 0 Å². The molecule has 2 aliphatic carbocycles. The van der Waals surface area contributed by atoms with E-state index in [-0.39, 0.29) is 23.2 Å². The Morgan fingerprint density at radius 2 is 2.12 bits per heavy atom. The van der Waals surface area contributed by atoms with Gasteiger partial charge in [0, 0.05) is 12.3 Å². The maximum Gasteiger partial charge on any atom is 0.164 e. The minimum Gasteiger partial charge on any atom is -0.501 e. The van der Waals surface area contributed by atoms with Crippen molar-refractivity contribution in [1.29, 1.82) is 0 Å². The molecular formula is C22H32O3. The summed E-state index contributed by atoms with van der Waals surface area (Å²) in [7, 11) is 0. The van der Waals surface area contributed by atoms with Crippen molar-refractivity contribution in [3.63, 3.8) is 0 Å². The van der Waals surface area contributed by atoms with Crippen molar-refractivity contribution in [2.75, 3.05) is 6.61 Å². The van der Waals surface area contributed by atoms with Gasteiger partial charge in [-0.1, -0.05) is 44.6 Å². The van der Waals surface area contributed by atoms with Crippen molar-refractivity contribution >= 4 is 5.78 Å². The second kappa shape index (κ2) is 7.11. The quantitative estimate of drug-likeness (QED) is 0.670. The second-order valence-corrected chi connectivity index (χ2v) is 9.02. The molecule has 0 amide bonds. The summed E-state index contributed by atoms with van der Waals surface area (Å²) < 4.78 is 12.0. The van der Waals surface area contributed by atoms with Gasteiger partial charge in [0.15, 0.2) is 5.78 Å². The first-order chi connectivity index (χ1) is 11.8. The van der Waals surface area contributed by atoms with Crippen molar-refractivity contribution in [2.24, 2.45) is 11.3 Å². The molecule has 0 radical (unpaired) electrons. The molecule has 3 rings (SSSR count). The molecule has 0 aromatic rings. The van der Waals surface area contributed by atoms with E-state index in [1.165, 1.54) is 11.1 Å². The lowest BCUT2D eigenvalue weighted by Crippen LogP contribution is -2.36. The van der Waals surface area contributed by atoms with Crippen molar-refractivity contribution in [3.8, 4) is 0 Å². The van der Waals surface area contributed by atoms with E-state index >= 15 is 0 Å². The van der Waals surface area contributed by atoms with Gasteiger partial charge in [-0.05, 0) is 50.0 Å². The summed E-state index contributed by atoms with van der Waals surface area (Å²) in [5.74, 6) is 0.479. The average molecular weight is 344 g/mol. The Kier molecular flexibility index (Phi) is 5.24. The molecule has 1 fully saturated rings. The first-order valence-corrected chi connectivity index (χ1v) is 9.67. The molecule has 0 N–H and O–H groups in total. The molecule has 2 atom stereocenters. The van der Waals surface area contributed by atoms with Gasteiger partial charge < -0.3 is 9.47 Å². The number of ether oxygens (including phenoxy) is 2. The lowest BCUT2D eigenvalue weighted by molar-refractivity contribution is -0.137. The third-order valence-electron chi connectivity index (χ3n) is 5.41. The van der Waals surface area contributed by atoms with Crippen LogP contribution in [0.2, 0.25) is 0 Å². The number of hydrogen-bond acceptors (Lipinski definition) is 3. The third kappa shape index (κ3) is 4.63. The number of Topliss-reactive ketones (excluding diaryl/α,β-unsaturated/α-hetero) is 1. The first kappa shape index (κ1) is 18.4. The van der Waals surface area contributed by atoms with Crippen LogP contribution < -0.4 is 0 Å². The van der Waals surface area contributed by atoms with E-state index in [1.54, 1.807) is 0 Å². The van der Waals surface area contributed by atoms with Crippen molar-refractivity contribution in [1.82, 2.24) is 0 Å². The van der Waals surface area contributed by atoms with Crippen molar-refractivity contribution in [3.05, 3.63) is 35.6 Å². The Labute approximate surface area is 152 Å². The molecule has 1 unspecified atom stereocenters. The average Bonchev–Trinajstić information content (AvgIpc) is 3.34. The SMILES string of the molecule is CC1=C[C@@H](OC2(C(=O)CCC(C)(C)C)CC2)C(C2=COCCC2)C=C1. The van der Waals surface area contributed by atoms with Gasteiger partial charge in [-0.2, -0.15) is 0 Å². The van der Waals surface area contributed by atoms with Gasteiger partial charge in [0.2, 0.25) is 0 Å². The van der Waals surface area contributed by atoms with E-state index in [1.807, 2.05) is 6.26 Å². The Morgan fingerprint density at radius 3 is 2.72 bits per heavy atom. The van der Waals surface area contributed by atoms with Crippen LogP contribution in [0.4, 0.5) is 0 Å². The number of hydrogen-bond donors (Lipinski definition) is 0. The van der Waals surface area contributed by atoms with Crippen LogP contribution in [0.3, 0.4) is 0 Å². The summed E-state index contributed by atoms with van der Waals surface area (Å²) in [6.07, 6.45) is 13.8. The van der Waals surface area contributed by atoms with Gasteiger partial charge in [-0.3, -0.25) is 4.79 Å². The molecule has 0 saturated heterocycles. The number of carbonyl (C=O) groups is 1. The lowest BCUT2D eigenvalue weighted by Gasteiger charge is -2.32. The van der Waals surface area contributed by atoms with Crippen LogP contribution in [0.1, 0.15) is 66.2 Å². The molecule has 3 heteroatoms. The summed E-state index contributed by atoms with van der Waals surface area (Å²) >= 11 is 0. The number of ketones is 1. The highest BCUT2D eigenvalue weighted by atomic mass is 16.5. The van der Waals surface area contributed by atoms with Gasteiger partial charge in [0.1, 0.15) is 5.60 Å². The highest BCUT2D eigenvalue weighted by Crippen LogP contribution is 2.46. The van der Waals surface area contributed by atoms with Crippen LogP contribution >= 0.6 is 0 Å². The minimum atomic E-state index is -0.536. The van der Waals surface area contributed by atoms with Crippen LogP contribution in [0, 0.1) is 11.3 Å². The monoisotopic (exact) mass is 344 g/mol. The van der Waals surface area contributed by atoms with Gasteiger partial charge in [-0.25, -0.2) is 0 Å². The normalized spacial score (nSPS) is 28.0. The fourth-order valence-electron chi connectivity index (χ4n) is 3.61. The van der Waals surface area contributed by atoms with E-state index in [0.29, 0.717) is 6.42 Å². The molecule has 3 aliphatic rings. The number of carbonyl (C=O) groups excluding carboxylic acids is 1. The van der Waals surface area contributed by atoms with Crippen LogP contribution in [0.5, 0.6) is 0 Å². The predicted octanol–water partition coefficient (Wildman–Crippen LogP) is 5.13. The Bertz CT molecular complexity index is 599. The summed E-state index contributed by atoms with van der Waals surface area (Å²) in [5, 5.41) is 0. The second-order valence-electron chi connectivity index (χ2n) is 9.02. The highest BCUT2D eigenvalue weighted by Gasteiger charge is 2.52. The van der Waals surface area contributed by atoms with E-state index in [0.717, 1.165) is 38.7 Å². The molecule has 0 spiro atoms. The van der Waals surface area contributed by atoms with Crippen molar-refractivity contribution < 1.29 is 14.3 Å². The van der Waals surface area contributed by atoms with Gasteiger partial charge in [-0.15, -0.1) is 0 Å². The Balaban J connectivity index is 1.69. The van der Waals surface area contributed by atoms with E-state index in [2.05, 4.69) is 45.9 Å². The lowest BCUT2D eigenvalue weighted by atomic mass is 9.85. The molecule has 0 aromatic heterocycles. The van der Waals surface area contributed by atoms with E-state index in [4.69, 9.17) is 9.47 Å². The number of allylic oxidation sites excluding steroid dienone is 2. The molecule has 3 nitrogen and oxygen atoms in total. The maximum absolute atomic E-state index is 12.8. The Morgan fingerprint density at radius 1 is 1.36 bits per heavy atom. The minimum absolute atomic E-state index is 0.0564. The van der Waals surface area contributed by atoms with Gasteiger partial charge in [0.25, 0.3) is 0 Å². The Hall–Kier alpha value is -1.35. The molecular weight excluding hydrogens is 312 g/mol. The molecule has 1 aliphatic heterocycles. The maximum atomic E-state index is 12.8. The molecule has 0 bridgehead atoms. The molecule has 1 heterocycles.